The van der Waals surface area contributed by atoms with Gasteiger partial charge in [0.05, 0.1) is 25.7 Å². The van der Waals surface area contributed by atoms with Crippen molar-refractivity contribution in [1.29, 1.82) is 0 Å². The van der Waals surface area contributed by atoms with E-state index in [1.54, 1.807) is 14.2 Å². The van der Waals surface area contributed by atoms with Crippen LogP contribution < -0.4 is 18.9 Å². The Morgan fingerprint density at radius 1 is 0.970 bits per heavy atom. The number of nitrogens with zero attached hydrogens (tertiary/aromatic N) is 1. The number of rotatable bonds is 4. The van der Waals surface area contributed by atoms with Crippen LogP contribution in [0, 0.1) is 0 Å². The third kappa shape index (κ3) is 3.03. The minimum atomic E-state index is 0.146. The van der Waals surface area contributed by atoms with Crippen LogP contribution >= 0.6 is 0 Å². The Morgan fingerprint density at radius 3 is 2.61 bits per heavy atom. The summed E-state index contributed by atoms with van der Waals surface area (Å²) < 4.78 is 25.4. The van der Waals surface area contributed by atoms with Crippen molar-refractivity contribution in [2.45, 2.75) is 18.4 Å². The molecule has 0 spiro atoms. The number of methoxy groups -OCH3 is 2. The Kier molecular flexibility index (Phi) is 4.64. The lowest BCUT2D eigenvalue weighted by Crippen LogP contribution is -2.30. The van der Waals surface area contributed by atoms with Crippen LogP contribution in [-0.2, 0) is 6.42 Å². The molecule has 5 nitrogen and oxygen atoms in total. The highest BCUT2D eigenvalue weighted by molar-refractivity contribution is 5.87. The van der Waals surface area contributed by atoms with Gasteiger partial charge in [0.1, 0.15) is 7.05 Å². The van der Waals surface area contributed by atoms with E-state index in [1.807, 2.05) is 12.1 Å². The summed E-state index contributed by atoms with van der Waals surface area (Å²) in [4.78, 5) is 0. The van der Waals surface area contributed by atoms with Gasteiger partial charge < -0.3 is 18.9 Å². The Labute approximate surface area is 193 Å². The summed E-state index contributed by atoms with van der Waals surface area (Å²) in [5.74, 6) is 3.41. The minimum absolute atomic E-state index is 0.146. The Bertz CT molecular complexity index is 1310. The zero-order valence-corrected chi connectivity index (χ0v) is 19.0. The van der Waals surface area contributed by atoms with E-state index in [0.29, 0.717) is 0 Å². The molecule has 0 N–H and O–H groups in total. The monoisotopic (exact) mass is 440 g/mol. The van der Waals surface area contributed by atoms with Gasteiger partial charge in [-0.05, 0) is 28.8 Å². The van der Waals surface area contributed by atoms with Gasteiger partial charge in [0, 0.05) is 17.5 Å². The average Bonchev–Trinajstić information content (AvgIpc) is 3.33. The fourth-order valence-electron chi connectivity index (χ4n) is 5.48. The van der Waals surface area contributed by atoms with E-state index < -0.39 is 0 Å². The number of benzene rings is 3. The van der Waals surface area contributed by atoms with Crippen molar-refractivity contribution in [2.75, 3.05) is 28.1 Å². The fourth-order valence-corrected chi connectivity index (χ4v) is 5.48. The molecular weight excluding hydrogens is 414 g/mol. The predicted octanol–water partition coefficient (Wildman–Crippen LogP) is 4.95. The van der Waals surface area contributed by atoms with Crippen molar-refractivity contribution in [3.8, 4) is 23.0 Å². The SMILES string of the molecule is COc1cc2c(c(Cc3ccccc3)c1OC)C=CC1c3ccc4c(c3C=[N+](C)C21)OCO4. The second-order valence-corrected chi connectivity index (χ2v) is 8.68. The summed E-state index contributed by atoms with van der Waals surface area (Å²) in [5.41, 5.74) is 7.20. The Balaban J connectivity index is 1.53. The maximum atomic E-state index is 5.86. The smallest absolute Gasteiger partial charge is 0.231 e. The van der Waals surface area contributed by atoms with Gasteiger partial charge in [-0.1, -0.05) is 48.6 Å². The van der Waals surface area contributed by atoms with Crippen LogP contribution in [0.4, 0.5) is 0 Å². The van der Waals surface area contributed by atoms with Crippen molar-refractivity contribution in [2.24, 2.45) is 0 Å². The van der Waals surface area contributed by atoms with Crippen molar-refractivity contribution >= 4 is 12.3 Å². The lowest BCUT2D eigenvalue weighted by Gasteiger charge is -2.32. The molecule has 5 heteroatoms. The van der Waals surface area contributed by atoms with Crippen LogP contribution in [0.1, 0.15) is 45.3 Å². The molecular formula is C28H26NO4+. The van der Waals surface area contributed by atoms with Gasteiger partial charge in [0.25, 0.3) is 0 Å². The summed E-state index contributed by atoms with van der Waals surface area (Å²) in [5, 5.41) is 0. The first-order valence-corrected chi connectivity index (χ1v) is 11.2. The highest BCUT2D eigenvalue weighted by atomic mass is 16.7. The molecule has 166 valence electrons. The Hall–Kier alpha value is -3.73. The lowest BCUT2D eigenvalue weighted by atomic mass is 9.75. The molecule has 2 heterocycles. The number of fused-ring (bicyclic) bond motifs is 7. The number of hydrogen-bond acceptors (Lipinski definition) is 4. The first kappa shape index (κ1) is 19.9. The summed E-state index contributed by atoms with van der Waals surface area (Å²) >= 11 is 0. The topological polar surface area (TPSA) is 39.9 Å². The molecule has 0 aromatic heterocycles. The predicted molar refractivity (Wildman–Crippen MR) is 127 cm³/mol. The van der Waals surface area contributed by atoms with Crippen molar-refractivity contribution in [3.05, 3.63) is 88.0 Å². The summed E-state index contributed by atoms with van der Waals surface area (Å²) in [6.07, 6.45) is 7.52. The molecule has 0 radical (unpaired) electrons. The van der Waals surface area contributed by atoms with E-state index >= 15 is 0 Å². The number of hydrogen-bond donors (Lipinski definition) is 0. The van der Waals surface area contributed by atoms with Crippen LogP contribution in [0.15, 0.2) is 54.6 Å². The van der Waals surface area contributed by atoms with Crippen LogP contribution in [0.2, 0.25) is 0 Å². The molecule has 0 bridgehead atoms. The summed E-state index contributed by atoms with van der Waals surface area (Å²) in [7, 11) is 5.55. The van der Waals surface area contributed by atoms with Gasteiger partial charge in [0.2, 0.25) is 6.79 Å². The van der Waals surface area contributed by atoms with Crippen molar-refractivity contribution < 1.29 is 23.5 Å². The molecule has 3 aromatic carbocycles. The Morgan fingerprint density at radius 2 is 1.82 bits per heavy atom. The van der Waals surface area contributed by atoms with E-state index in [0.717, 1.165) is 40.5 Å². The largest absolute Gasteiger partial charge is 0.493 e. The van der Waals surface area contributed by atoms with Gasteiger partial charge in [-0.2, -0.15) is 0 Å². The first-order chi connectivity index (χ1) is 16.2. The van der Waals surface area contributed by atoms with Gasteiger partial charge in [-0.15, -0.1) is 0 Å². The quantitative estimate of drug-likeness (QED) is 0.538. The molecule has 2 atom stereocenters. The fraction of sp³-hybridized carbons (Fsp3) is 0.250. The third-order valence-electron chi connectivity index (χ3n) is 6.94. The maximum absolute atomic E-state index is 5.86. The van der Waals surface area contributed by atoms with Crippen LogP contribution in [0.3, 0.4) is 0 Å². The highest BCUT2D eigenvalue weighted by Gasteiger charge is 2.42. The highest BCUT2D eigenvalue weighted by Crippen LogP contribution is 2.51. The first-order valence-electron chi connectivity index (χ1n) is 11.2. The molecule has 3 aromatic rings. The number of ether oxygens (including phenoxy) is 4. The molecule has 1 aliphatic carbocycles. The van der Waals surface area contributed by atoms with Crippen LogP contribution in [0.25, 0.3) is 6.08 Å². The summed E-state index contributed by atoms with van der Waals surface area (Å²) in [6.45, 7) is 0.274. The zero-order chi connectivity index (χ0) is 22.5. The normalized spacial score (nSPS) is 19.3. The standard InChI is InChI=1S/C28H26NO4/c1-29-15-23-18(11-12-24-28(23)33-16-32-24)20-10-9-19-21(26(20)29)14-25(30-2)27(31-3)22(19)13-17-7-5-4-6-8-17/h4-12,14-15,20,26H,13,16H2,1-3H3/q+1. The molecule has 33 heavy (non-hydrogen) atoms. The molecule has 6 rings (SSSR count). The molecule has 2 unspecified atom stereocenters. The molecule has 0 fully saturated rings. The molecule has 2 aliphatic heterocycles. The maximum Gasteiger partial charge on any atom is 0.231 e. The zero-order valence-electron chi connectivity index (χ0n) is 19.0. The second-order valence-electron chi connectivity index (χ2n) is 8.68. The van der Waals surface area contributed by atoms with Gasteiger partial charge in [-0.25, -0.2) is 4.58 Å². The van der Waals surface area contributed by atoms with E-state index in [1.165, 1.54) is 22.3 Å². The van der Waals surface area contributed by atoms with Gasteiger partial charge >= 0.3 is 0 Å². The van der Waals surface area contributed by atoms with Crippen molar-refractivity contribution in [1.82, 2.24) is 0 Å². The van der Waals surface area contributed by atoms with Gasteiger partial charge in [-0.3, -0.25) is 0 Å². The van der Waals surface area contributed by atoms with Crippen molar-refractivity contribution in [3.63, 3.8) is 0 Å². The lowest BCUT2D eigenvalue weighted by molar-refractivity contribution is -0.544. The molecule has 0 saturated heterocycles. The molecule has 0 amide bonds. The van der Waals surface area contributed by atoms with E-state index in [2.05, 4.69) is 66.4 Å². The van der Waals surface area contributed by atoms with E-state index in [9.17, 15) is 0 Å². The second kappa shape index (κ2) is 7.69. The molecule has 3 aliphatic rings. The molecule has 0 saturated carbocycles. The third-order valence-corrected chi connectivity index (χ3v) is 6.94. The van der Waals surface area contributed by atoms with Crippen LogP contribution in [-0.4, -0.2) is 38.9 Å². The average molecular weight is 441 g/mol. The van der Waals surface area contributed by atoms with Gasteiger partial charge in [0.15, 0.2) is 35.3 Å². The van der Waals surface area contributed by atoms with E-state index in [-0.39, 0.29) is 18.8 Å². The summed E-state index contributed by atoms with van der Waals surface area (Å²) in [6, 6.07) is 17.0. The van der Waals surface area contributed by atoms with E-state index in [4.69, 9.17) is 18.9 Å². The minimum Gasteiger partial charge on any atom is -0.493 e. The number of likely N-dealkylation sites (N-methyl/N-ethyl adjacent to an activating group) is 1. The van der Waals surface area contributed by atoms with Crippen LogP contribution in [0.5, 0.6) is 23.0 Å².